The average Bonchev–Trinajstić information content (AvgIpc) is 2.94. The van der Waals surface area contributed by atoms with E-state index in [1.165, 1.54) is 0 Å². The van der Waals surface area contributed by atoms with Crippen LogP contribution in [-0.2, 0) is 6.18 Å². The Morgan fingerprint density at radius 2 is 2.21 bits per heavy atom. The average molecular weight is 364 g/mol. The minimum atomic E-state index is -4.44. The number of halogens is 4. The molecule has 5 nitrogen and oxygen atoms in total. The van der Waals surface area contributed by atoms with Crippen molar-refractivity contribution in [1.29, 1.82) is 0 Å². The standard InChI is InChI=1S/C15H21ClF3N5/c1-4-20-14(23(2)3)22-11-5-6-24(9-11)13-12(16)7-10(8-21-13)15(17,18)19/h7-8,11H,4-6,9H2,1-3H3,(H,20,22). The Labute approximate surface area is 144 Å². The van der Waals surface area contributed by atoms with Gasteiger partial charge in [-0.2, -0.15) is 13.2 Å². The highest BCUT2D eigenvalue weighted by molar-refractivity contribution is 6.33. The van der Waals surface area contributed by atoms with E-state index in [1.807, 2.05) is 30.8 Å². The number of pyridine rings is 1. The molecule has 0 bridgehead atoms. The summed E-state index contributed by atoms with van der Waals surface area (Å²) in [6.45, 7) is 3.90. The van der Waals surface area contributed by atoms with Gasteiger partial charge in [-0.05, 0) is 19.4 Å². The van der Waals surface area contributed by atoms with E-state index in [4.69, 9.17) is 11.6 Å². The molecule has 2 heterocycles. The third-order valence-corrected chi connectivity index (χ3v) is 3.98. The Kier molecular flexibility index (Phi) is 5.79. The van der Waals surface area contributed by atoms with Crippen LogP contribution >= 0.6 is 11.6 Å². The van der Waals surface area contributed by atoms with Crippen LogP contribution in [0.2, 0.25) is 5.02 Å². The van der Waals surface area contributed by atoms with Gasteiger partial charge in [0, 0.05) is 46.0 Å². The zero-order valence-electron chi connectivity index (χ0n) is 13.9. The van der Waals surface area contributed by atoms with E-state index < -0.39 is 11.7 Å². The Bertz CT molecular complexity index is 603. The van der Waals surface area contributed by atoms with Crippen LogP contribution in [0.15, 0.2) is 17.3 Å². The molecule has 1 aliphatic rings. The number of rotatable bonds is 3. The second-order valence-electron chi connectivity index (χ2n) is 5.80. The van der Waals surface area contributed by atoms with Gasteiger partial charge in [-0.15, -0.1) is 0 Å². The summed E-state index contributed by atoms with van der Waals surface area (Å²) in [5.41, 5.74) is -0.838. The van der Waals surface area contributed by atoms with E-state index in [2.05, 4.69) is 15.3 Å². The molecule has 1 aliphatic heterocycles. The van der Waals surface area contributed by atoms with E-state index in [1.54, 1.807) is 0 Å². The van der Waals surface area contributed by atoms with Crippen molar-refractivity contribution in [2.75, 3.05) is 38.6 Å². The fraction of sp³-hybridized carbons (Fsp3) is 0.600. The highest BCUT2D eigenvalue weighted by atomic mass is 35.5. The SMILES string of the molecule is CCN=C(NC1CCN(c2ncc(C(F)(F)F)cc2Cl)C1)N(C)C. The molecule has 1 unspecified atom stereocenters. The van der Waals surface area contributed by atoms with Crippen LogP contribution in [-0.4, -0.2) is 55.6 Å². The minimum Gasteiger partial charge on any atom is -0.353 e. The zero-order chi connectivity index (χ0) is 17.9. The van der Waals surface area contributed by atoms with Crippen molar-refractivity contribution >= 4 is 23.4 Å². The number of alkyl halides is 3. The first-order valence-electron chi connectivity index (χ1n) is 7.68. The number of nitrogens with zero attached hydrogens (tertiary/aromatic N) is 4. The number of nitrogens with one attached hydrogen (secondary N) is 1. The molecular formula is C15H21ClF3N5. The summed E-state index contributed by atoms with van der Waals surface area (Å²) in [6, 6.07) is 1.06. The van der Waals surface area contributed by atoms with Crippen molar-refractivity contribution in [3.05, 3.63) is 22.8 Å². The number of anilines is 1. The quantitative estimate of drug-likeness (QED) is 0.662. The number of hydrogen-bond donors (Lipinski definition) is 1. The number of guanidine groups is 1. The van der Waals surface area contributed by atoms with E-state index >= 15 is 0 Å². The predicted molar refractivity (Wildman–Crippen MR) is 89.7 cm³/mol. The summed E-state index contributed by atoms with van der Waals surface area (Å²) in [6.07, 6.45) is -2.79. The van der Waals surface area contributed by atoms with Crippen LogP contribution in [0, 0.1) is 0 Å². The van der Waals surface area contributed by atoms with Crippen LogP contribution < -0.4 is 10.2 Å². The van der Waals surface area contributed by atoms with Gasteiger partial charge in [0.1, 0.15) is 5.82 Å². The Hall–Kier alpha value is -1.70. The third kappa shape index (κ3) is 4.43. The summed E-state index contributed by atoms with van der Waals surface area (Å²) in [5.74, 6) is 1.17. The summed E-state index contributed by atoms with van der Waals surface area (Å²) >= 11 is 6.01. The molecule has 1 aromatic heterocycles. The maximum Gasteiger partial charge on any atom is 0.417 e. The molecule has 0 aromatic carbocycles. The van der Waals surface area contributed by atoms with Crippen molar-refractivity contribution in [2.45, 2.75) is 25.6 Å². The molecule has 0 aliphatic carbocycles. The van der Waals surface area contributed by atoms with Crippen LogP contribution in [0.3, 0.4) is 0 Å². The van der Waals surface area contributed by atoms with Gasteiger partial charge in [0.2, 0.25) is 0 Å². The molecule has 0 saturated carbocycles. The molecule has 1 fully saturated rings. The van der Waals surface area contributed by atoms with Crippen molar-refractivity contribution in [3.8, 4) is 0 Å². The topological polar surface area (TPSA) is 43.8 Å². The lowest BCUT2D eigenvalue weighted by Crippen LogP contribution is -2.44. The molecule has 1 atom stereocenters. The van der Waals surface area contributed by atoms with Crippen LogP contribution in [0.1, 0.15) is 18.9 Å². The molecule has 0 radical (unpaired) electrons. The van der Waals surface area contributed by atoms with Crippen molar-refractivity contribution in [2.24, 2.45) is 4.99 Å². The molecule has 9 heteroatoms. The zero-order valence-corrected chi connectivity index (χ0v) is 14.6. The van der Waals surface area contributed by atoms with E-state index in [0.29, 0.717) is 25.5 Å². The molecular weight excluding hydrogens is 343 g/mol. The van der Waals surface area contributed by atoms with Crippen molar-refractivity contribution < 1.29 is 13.2 Å². The largest absolute Gasteiger partial charge is 0.417 e. The van der Waals surface area contributed by atoms with E-state index in [9.17, 15) is 13.2 Å². The summed E-state index contributed by atoms with van der Waals surface area (Å²) in [7, 11) is 3.81. The van der Waals surface area contributed by atoms with E-state index in [-0.39, 0.29) is 11.1 Å². The summed E-state index contributed by atoms with van der Waals surface area (Å²) in [4.78, 5) is 12.1. The highest BCUT2D eigenvalue weighted by Gasteiger charge is 2.33. The first kappa shape index (κ1) is 18.6. The smallest absolute Gasteiger partial charge is 0.353 e. The molecule has 134 valence electrons. The molecule has 1 aromatic rings. The van der Waals surface area contributed by atoms with Crippen LogP contribution in [0.25, 0.3) is 0 Å². The fourth-order valence-electron chi connectivity index (χ4n) is 2.54. The molecule has 0 amide bonds. The molecule has 0 spiro atoms. The van der Waals surface area contributed by atoms with Gasteiger partial charge in [0.25, 0.3) is 0 Å². The van der Waals surface area contributed by atoms with Gasteiger partial charge in [0.15, 0.2) is 5.96 Å². The van der Waals surface area contributed by atoms with Crippen LogP contribution in [0.5, 0.6) is 0 Å². The summed E-state index contributed by atoms with van der Waals surface area (Å²) in [5, 5.41) is 3.37. The Balaban J connectivity index is 2.07. The first-order valence-corrected chi connectivity index (χ1v) is 8.06. The van der Waals surface area contributed by atoms with Gasteiger partial charge in [0.05, 0.1) is 10.6 Å². The lowest BCUT2D eigenvalue weighted by atomic mass is 10.2. The lowest BCUT2D eigenvalue weighted by molar-refractivity contribution is -0.137. The number of hydrogen-bond acceptors (Lipinski definition) is 3. The Morgan fingerprint density at radius 1 is 1.50 bits per heavy atom. The van der Waals surface area contributed by atoms with E-state index in [0.717, 1.165) is 24.6 Å². The molecule has 1 N–H and O–H groups in total. The van der Waals surface area contributed by atoms with Crippen LogP contribution in [0.4, 0.5) is 19.0 Å². The normalized spacial score (nSPS) is 18.9. The molecule has 1 saturated heterocycles. The van der Waals surface area contributed by atoms with Gasteiger partial charge in [-0.3, -0.25) is 4.99 Å². The lowest BCUT2D eigenvalue weighted by Gasteiger charge is -2.23. The molecule has 24 heavy (non-hydrogen) atoms. The van der Waals surface area contributed by atoms with Gasteiger partial charge in [-0.1, -0.05) is 11.6 Å². The van der Waals surface area contributed by atoms with Gasteiger partial charge in [-0.25, -0.2) is 4.98 Å². The van der Waals surface area contributed by atoms with Gasteiger partial charge < -0.3 is 15.1 Å². The monoisotopic (exact) mass is 363 g/mol. The maximum atomic E-state index is 12.7. The Morgan fingerprint density at radius 3 is 2.75 bits per heavy atom. The second kappa shape index (κ2) is 7.46. The first-order chi connectivity index (χ1) is 11.2. The highest BCUT2D eigenvalue weighted by Crippen LogP contribution is 2.34. The summed E-state index contributed by atoms with van der Waals surface area (Å²) < 4.78 is 38.1. The second-order valence-corrected chi connectivity index (χ2v) is 6.20. The maximum absolute atomic E-state index is 12.7. The number of aliphatic imine (C=N–C) groups is 1. The fourth-order valence-corrected chi connectivity index (χ4v) is 2.82. The van der Waals surface area contributed by atoms with Gasteiger partial charge >= 0.3 is 6.18 Å². The molecule has 2 rings (SSSR count). The van der Waals surface area contributed by atoms with Crippen molar-refractivity contribution in [1.82, 2.24) is 15.2 Å². The third-order valence-electron chi connectivity index (χ3n) is 3.70. The number of aromatic nitrogens is 1. The minimum absolute atomic E-state index is 0.0144. The van der Waals surface area contributed by atoms with Crippen molar-refractivity contribution in [3.63, 3.8) is 0 Å². The predicted octanol–water partition coefficient (Wildman–Crippen LogP) is 2.86.